The SMILES string of the molecule is Cn1c(=O)n(C)c2cc(-c3ccc(-c4cc(-c5ccc(-c6ccc(-c7ccccc7)cc6-c6ccccc6)cc5)nc(-c5ccccc5)n4)cc3)ccc21. The van der Waals surface area contributed by atoms with Crippen molar-refractivity contribution in [3.8, 4) is 78.4 Å². The van der Waals surface area contributed by atoms with E-state index in [4.69, 9.17) is 9.97 Å². The Kier molecular flexibility index (Phi) is 8.37. The van der Waals surface area contributed by atoms with Crippen LogP contribution in [0.4, 0.5) is 0 Å². The first-order chi connectivity index (χ1) is 26.5. The molecule has 5 heteroatoms. The third kappa shape index (κ3) is 6.12. The van der Waals surface area contributed by atoms with Crippen molar-refractivity contribution < 1.29 is 0 Å². The van der Waals surface area contributed by atoms with Gasteiger partial charge >= 0.3 is 5.69 Å². The molecule has 0 aliphatic heterocycles. The molecular weight excluding hydrogens is 661 g/mol. The Morgan fingerprint density at radius 2 is 0.778 bits per heavy atom. The van der Waals surface area contributed by atoms with E-state index in [-0.39, 0.29) is 5.69 Å². The summed E-state index contributed by atoms with van der Waals surface area (Å²) in [4.78, 5) is 22.7. The molecule has 0 radical (unpaired) electrons. The zero-order valence-electron chi connectivity index (χ0n) is 30.0. The topological polar surface area (TPSA) is 52.7 Å². The molecular formula is C49H36N4O. The zero-order valence-corrected chi connectivity index (χ0v) is 30.0. The van der Waals surface area contributed by atoms with Crippen LogP contribution in [0, 0.1) is 0 Å². The zero-order chi connectivity index (χ0) is 36.6. The van der Waals surface area contributed by atoms with Crippen molar-refractivity contribution in [1.82, 2.24) is 19.1 Å². The summed E-state index contributed by atoms with van der Waals surface area (Å²) in [5.74, 6) is 0.676. The molecule has 258 valence electrons. The molecule has 0 fully saturated rings. The molecule has 2 aromatic heterocycles. The van der Waals surface area contributed by atoms with E-state index in [9.17, 15) is 4.79 Å². The smallest absolute Gasteiger partial charge is 0.295 e. The number of imidazole rings is 1. The molecule has 0 atom stereocenters. The molecule has 9 rings (SSSR count). The van der Waals surface area contributed by atoms with Crippen LogP contribution in [0.2, 0.25) is 0 Å². The first kappa shape index (κ1) is 32.8. The second-order valence-corrected chi connectivity index (χ2v) is 13.6. The van der Waals surface area contributed by atoms with Gasteiger partial charge in [-0.25, -0.2) is 14.8 Å². The molecule has 0 spiro atoms. The molecule has 0 unspecified atom stereocenters. The largest absolute Gasteiger partial charge is 0.328 e. The van der Waals surface area contributed by atoms with E-state index in [1.165, 1.54) is 27.8 Å². The molecule has 0 aliphatic rings. The molecule has 0 saturated heterocycles. The number of benzene rings is 7. The summed E-state index contributed by atoms with van der Waals surface area (Å²) < 4.78 is 3.37. The van der Waals surface area contributed by atoms with Crippen LogP contribution in [0.5, 0.6) is 0 Å². The van der Waals surface area contributed by atoms with Gasteiger partial charge in [0.05, 0.1) is 22.4 Å². The minimum absolute atomic E-state index is 0.0321. The van der Waals surface area contributed by atoms with E-state index < -0.39 is 0 Å². The Hall–Kier alpha value is -7.11. The van der Waals surface area contributed by atoms with Gasteiger partial charge in [0.2, 0.25) is 0 Å². The second kappa shape index (κ2) is 13.8. The number of aryl methyl sites for hydroxylation is 2. The number of nitrogens with zero attached hydrogens (tertiary/aromatic N) is 4. The van der Waals surface area contributed by atoms with E-state index in [0.717, 1.165) is 55.8 Å². The highest BCUT2D eigenvalue weighted by Crippen LogP contribution is 2.37. The number of fused-ring (bicyclic) bond motifs is 1. The molecule has 0 N–H and O–H groups in total. The molecule has 5 nitrogen and oxygen atoms in total. The summed E-state index contributed by atoms with van der Waals surface area (Å²) in [5, 5.41) is 0. The predicted octanol–water partition coefficient (Wildman–Crippen LogP) is 11.3. The maximum Gasteiger partial charge on any atom is 0.328 e. The molecule has 0 bridgehead atoms. The first-order valence-electron chi connectivity index (χ1n) is 18.1. The van der Waals surface area contributed by atoms with E-state index in [2.05, 4.69) is 146 Å². The van der Waals surface area contributed by atoms with Crippen LogP contribution < -0.4 is 5.69 Å². The highest BCUT2D eigenvalue weighted by Gasteiger charge is 2.14. The van der Waals surface area contributed by atoms with E-state index in [0.29, 0.717) is 5.82 Å². The lowest BCUT2D eigenvalue weighted by atomic mass is 9.90. The van der Waals surface area contributed by atoms with Crippen molar-refractivity contribution in [2.24, 2.45) is 14.1 Å². The van der Waals surface area contributed by atoms with Crippen LogP contribution in [-0.2, 0) is 14.1 Å². The average molecular weight is 697 g/mol. The average Bonchev–Trinajstić information content (AvgIpc) is 3.47. The van der Waals surface area contributed by atoms with Gasteiger partial charge in [0.1, 0.15) is 0 Å². The fourth-order valence-corrected chi connectivity index (χ4v) is 7.26. The van der Waals surface area contributed by atoms with E-state index in [1.54, 1.807) is 16.2 Å². The lowest BCUT2D eigenvalue weighted by Gasteiger charge is -2.14. The highest BCUT2D eigenvalue weighted by molar-refractivity contribution is 5.88. The minimum Gasteiger partial charge on any atom is -0.295 e. The Balaban J connectivity index is 1.09. The van der Waals surface area contributed by atoms with Crippen LogP contribution in [0.1, 0.15) is 0 Å². The lowest BCUT2D eigenvalue weighted by molar-refractivity contribution is 0.795. The number of hydrogen-bond donors (Lipinski definition) is 0. The molecule has 0 saturated carbocycles. The Morgan fingerprint density at radius 3 is 1.39 bits per heavy atom. The van der Waals surface area contributed by atoms with Gasteiger partial charge in [-0.05, 0) is 68.8 Å². The van der Waals surface area contributed by atoms with Crippen LogP contribution in [0.25, 0.3) is 89.4 Å². The van der Waals surface area contributed by atoms with Crippen molar-refractivity contribution in [2.75, 3.05) is 0 Å². The molecule has 9 aromatic rings. The minimum atomic E-state index is -0.0321. The van der Waals surface area contributed by atoms with Gasteiger partial charge < -0.3 is 0 Å². The van der Waals surface area contributed by atoms with Gasteiger partial charge in [0.15, 0.2) is 5.82 Å². The Morgan fingerprint density at radius 1 is 0.352 bits per heavy atom. The molecule has 2 heterocycles. The van der Waals surface area contributed by atoms with Crippen molar-refractivity contribution in [1.29, 1.82) is 0 Å². The van der Waals surface area contributed by atoms with Crippen molar-refractivity contribution in [2.45, 2.75) is 0 Å². The van der Waals surface area contributed by atoms with Gasteiger partial charge in [0, 0.05) is 30.8 Å². The summed E-state index contributed by atoms with van der Waals surface area (Å²) in [7, 11) is 3.62. The normalized spacial score (nSPS) is 11.2. The molecule has 54 heavy (non-hydrogen) atoms. The summed E-state index contributed by atoms with van der Waals surface area (Å²) >= 11 is 0. The Labute approximate surface area is 314 Å². The quantitative estimate of drug-likeness (QED) is 0.167. The van der Waals surface area contributed by atoms with E-state index in [1.807, 2.05) is 43.4 Å². The monoisotopic (exact) mass is 696 g/mol. The van der Waals surface area contributed by atoms with Gasteiger partial charge in [-0.1, -0.05) is 158 Å². The predicted molar refractivity (Wildman–Crippen MR) is 222 cm³/mol. The van der Waals surface area contributed by atoms with Crippen LogP contribution in [-0.4, -0.2) is 19.1 Å². The Bertz CT molecular complexity index is 2820. The summed E-state index contributed by atoms with van der Waals surface area (Å²) in [6.07, 6.45) is 0. The van der Waals surface area contributed by atoms with Gasteiger partial charge in [0.25, 0.3) is 0 Å². The van der Waals surface area contributed by atoms with Crippen molar-refractivity contribution >= 4 is 11.0 Å². The fourth-order valence-electron chi connectivity index (χ4n) is 7.26. The molecule has 0 amide bonds. The maximum atomic E-state index is 12.5. The lowest BCUT2D eigenvalue weighted by Crippen LogP contribution is -2.19. The third-order valence-electron chi connectivity index (χ3n) is 10.2. The fraction of sp³-hybridized carbons (Fsp3) is 0.0408. The molecule has 7 aromatic carbocycles. The highest BCUT2D eigenvalue weighted by atomic mass is 16.1. The van der Waals surface area contributed by atoms with Crippen molar-refractivity contribution in [3.05, 3.63) is 192 Å². The van der Waals surface area contributed by atoms with Crippen LogP contribution >= 0.6 is 0 Å². The van der Waals surface area contributed by atoms with Gasteiger partial charge in [-0.2, -0.15) is 0 Å². The number of hydrogen-bond acceptors (Lipinski definition) is 3. The summed E-state index contributed by atoms with van der Waals surface area (Å²) in [5.41, 5.74) is 15.6. The van der Waals surface area contributed by atoms with Crippen molar-refractivity contribution in [3.63, 3.8) is 0 Å². The molecule has 0 aliphatic carbocycles. The summed E-state index contributed by atoms with van der Waals surface area (Å²) in [6, 6.07) is 63.4. The van der Waals surface area contributed by atoms with Gasteiger partial charge in [-0.15, -0.1) is 0 Å². The number of rotatable bonds is 7. The third-order valence-corrected chi connectivity index (χ3v) is 10.2. The maximum absolute atomic E-state index is 12.5. The number of aromatic nitrogens is 4. The van der Waals surface area contributed by atoms with Crippen LogP contribution in [0.15, 0.2) is 187 Å². The second-order valence-electron chi connectivity index (χ2n) is 13.6. The standard InChI is InChI=1S/C49H36N4O/c1-52-46-29-27-41(31-47(46)53(2)49(52)54)34-18-22-37(23-19-34)44-32-45(51-48(50-44)39-16-10-5-11-17-39)38-24-20-36(21-25-38)42-28-26-40(33-12-6-3-7-13-33)30-43(42)35-14-8-4-9-15-35/h3-32H,1-2H3. The first-order valence-corrected chi connectivity index (χ1v) is 18.1. The summed E-state index contributed by atoms with van der Waals surface area (Å²) in [6.45, 7) is 0. The van der Waals surface area contributed by atoms with Gasteiger partial charge in [-0.3, -0.25) is 9.13 Å². The van der Waals surface area contributed by atoms with E-state index >= 15 is 0 Å². The van der Waals surface area contributed by atoms with Crippen LogP contribution in [0.3, 0.4) is 0 Å².